The molecule has 0 aliphatic heterocycles. The average Bonchev–Trinajstić information content (AvgIpc) is 2.30. The van der Waals surface area contributed by atoms with Crippen molar-refractivity contribution in [3.63, 3.8) is 0 Å². The van der Waals surface area contributed by atoms with Gasteiger partial charge in [-0.2, -0.15) is 0 Å². The van der Waals surface area contributed by atoms with Gasteiger partial charge < -0.3 is 14.4 Å². The lowest BCUT2D eigenvalue weighted by molar-refractivity contribution is 0.354. The third kappa shape index (κ3) is 3.93. The van der Waals surface area contributed by atoms with Crippen LogP contribution in [0.25, 0.3) is 0 Å². The molecule has 0 radical (unpaired) electrons. The molecule has 1 aromatic carbocycles. The van der Waals surface area contributed by atoms with Crippen LogP contribution in [-0.2, 0) is 6.42 Å². The molecule has 1 rings (SSSR count). The molecular formula is C14H23NO2. The van der Waals surface area contributed by atoms with Crippen LogP contribution in [0.4, 0.5) is 0 Å². The summed E-state index contributed by atoms with van der Waals surface area (Å²) in [4.78, 5) is 2.20. The first-order valence-electron chi connectivity index (χ1n) is 5.94. The van der Waals surface area contributed by atoms with Crippen molar-refractivity contribution in [2.24, 2.45) is 0 Å². The maximum absolute atomic E-state index is 5.32. The summed E-state index contributed by atoms with van der Waals surface area (Å²) in [5, 5.41) is 0. The van der Waals surface area contributed by atoms with Gasteiger partial charge in [-0.25, -0.2) is 0 Å². The molecule has 0 aliphatic carbocycles. The number of aryl methyl sites for hydroxylation is 2. The predicted octanol–water partition coefficient (Wildman–Crippen LogP) is 2.51. The lowest BCUT2D eigenvalue weighted by Crippen LogP contribution is -2.13. The number of nitrogens with zero attached hydrogens (tertiary/aromatic N) is 1. The maximum atomic E-state index is 5.32. The van der Waals surface area contributed by atoms with Crippen LogP contribution in [0.15, 0.2) is 12.1 Å². The van der Waals surface area contributed by atoms with Gasteiger partial charge in [-0.1, -0.05) is 0 Å². The number of benzene rings is 1. The van der Waals surface area contributed by atoms with Crippen molar-refractivity contribution < 1.29 is 9.47 Å². The van der Waals surface area contributed by atoms with E-state index in [0.717, 1.165) is 30.9 Å². The van der Waals surface area contributed by atoms with Crippen molar-refractivity contribution in [3.8, 4) is 11.5 Å². The van der Waals surface area contributed by atoms with E-state index < -0.39 is 0 Å². The quantitative estimate of drug-likeness (QED) is 0.759. The minimum atomic E-state index is 0.807. The normalized spacial score (nSPS) is 10.7. The molecule has 0 aliphatic rings. The molecule has 1 aromatic rings. The third-order valence-electron chi connectivity index (χ3n) is 2.89. The van der Waals surface area contributed by atoms with E-state index in [-0.39, 0.29) is 0 Å². The number of methoxy groups -OCH3 is 2. The second-order valence-corrected chi connectivity index (χ2v) is 4.54. The van der Waals surface area contributed by atoms with E-state index in [1.807, 2.05) is 6.07 Å². The Hall–Kier alpha value is -1.22. The van der Waals surface area contributed by atoms with E-state index in [1.54, 1.807) is 14.2 Å². The molecule has 0 saturated carbocycles. The van der Waals surface area contributed by atoms with Crippen molar-refractivity contribution in [2.45, 2.75) is 19.8 Å². The van der Waals surface area contributed by atoms with E-state index in [2.05, 4.69) is 32.0 Å². The second-order valence-electron chi connectivity index (χ2n) is 4.54. The first kappa shape index (κ1) is 13.8. The van der Waals surface area contributed by atoms with E-state index in [1.165, 1.54) is 11.1 Å². The molecule has 3 nitrogen and oxygen atoms in total. The van der Waals surface area contributed by atoms with Crippen molar-refractivity contribution in [1.29, 1.82) is 0 Å². The van der Waals surface area contributed by atoms with Crippen LogP contribution >= 0.6 is 0 Å². The highest BCUT2D eigenvalue weighted by molar-refractivity contribution is 5.47. The highest BCUT2D eigenvalue weighted by Gasteiger charge is 2.08. The van der Waals surface area contributed by atoms with Crippen LogP contribution in [0, 0.1) is 6.92 Å². The summed E-state index contributed by atoms with van der Waals surface area (Å²) in [6.07, 6.45) is 2.23. The molecule has 0 heterocycles. The monoisotopic (exact) mass is 237 g/mol. The molecule has 0 atom stereocenters. The fourth-order valence-corrected chi connectivity index (χ4v) is 1.88. The van der Waals surface area contributed by atoms with Crippen molar-refractivity contribution >= 4 is 0 Å². The zero-order chi connectivity index (χ0) is 12.8. The minimum Gasteiger partial charge on any atom is -0.493 e. The highest BCUT2D eigenvalue weighted by Crippen LogP contribution is 2.30. The summed E-state index contributed by atoms with van der Waals surface area (Å²) in [5.74, 6) is 1.62. The Balaban J connectivity index is 2.78. The highest BCUT2D eigenvalue weighted by atomic mass is 16.5. The van der Waals surface area contributed by atoms with E-state index in [9.17, 15) is 0 Å². The van der Waals surface area contributed by atoms with Gasteiger partial charge in [-0.15, -0.1) is 0 Å². The predicted molar refractivity (Wildman–Crippen MR) is 71.2 cm³/mol. The van der Waals surface area contributed by atoms with Gasteiger partial charge in [0.1, 0.15) is 0 Å². The summed E-state index contributed by atoms with van der Waals surface area (Å²) in [7, 11) is 7.54. The molecule has 0 bridgehead atoms. The Morgan fingerprint density at radius 2 is 1.65 bits per heavy atom. The second kappa shape index (κ2) is 6.50. The topological polar surface area (TPSA) is 21.7 Å². The van der Waals surface area contributed by atoms with Crippen molar-refractivity contribution in [1.82, 2.24) is 4.90 Å². The van der Waals surface area contributed by atoms with Crippen molar-refractivity contribution in [3.05, 3.63) is 23.3 Å². The van der Waals surface area contributed by atoms with Gasteiger partial charge in [0.15, 0.2) is 11.5 Å². The standard InChI is InChI=1S/C14H23NO2/c1-11-9-13(16-4)14(17-5)10-12(11)7-6-8-15(2)3/h9-10H,6-8H2,1-5H3. The SMILES string of the molecule is COc1cc(C)c(CCCN(C)C)cc1OC. The van der Waals surface area contributed by atoms with Gasteiger partial charge in [0, 0.05) is 0 Å². The van der Waals surface area contributed by atoms with Gasteiger partial charge in [-0.05, 0) is 63.7 Å². The lowest BCUT2D eigenvalue weighted by atomic mass is 10.0. The molecule has 0 saturated heterocycles. The first-order chi connectivity index (χ1) is 8.08. The Kier molecular flexibility index (Phi) is 5.29. The number of ether oxygens (including phenoxy) is 2. The molecule has 0 fully saturated rings. The number of hydrogen-bond donors (Lipinski definition) is 0. The summed E-state index contributed by atoms with van der Waals surface area (Å²) >= 11 is 0. The van der Waals surface area contributed by atoms with Gasteiger partial charge in [0.25, 0.3) is 0 Å². The largest absolute Gasteiger partial charge is 0.493 e. The Morgan fingerprint density at radius 3 is 2.18 bits per heavy atom. The van der Waals surface area contributed by atoms with E-state index >= 15 is 0 Å². The van der Waals surface area contributed by atoms with Gasteiger partial charge in [0.2, 0.25) is 0 Å². The average molecular weight is 237 g/mol. The molecule has 3 heteroatoms. The zero-order valence-electron chi connectivity index (χ0n) is 11.5. The van der Waals surface area contributed by atoms with Crippen LogP contribution < -0.4 is 9.47 Å². The summed E-state index contributed by atoms with van der Waals surface area (Å²) in [5.41, 5.74) is 2.60. The van der Waals surface area contributed by atoms with E-state index in [4.69, 9.17) is 9.47 Å². The van der Waals surface area contributed by atoms with Crippen molar-refractivity contribution in [2.75, 3.05) is 34.9 Å². The minimum absolute atomic E-state index is 0.807. The van der Waals surface area contributed by atoms with Crippen LogP contribution in [-0.4, -0.2) is 39.8 Å². The fourth-order valence-electron chi connectivity index (χ4n) is 1.88. The summed E-state index contributed by atoms with van der Waals surface area (Å²) in [6.45, 7) is 3.22. The van der Waals surface area contributed by atoms with Crippen LogP contribution in [0.1, 0.15) is 17.5 Å². The van der Waals surface area contributed by atoms with Crippen LogP contribution in [0.2, 0.25) is 0 Å². The molecule has 17 heavy (non-hydrogen) atoms. The summed E-state index contributed by atoms with van der Waals surface area (Å²) in [6, 6.07) is 4.13. The molecule has 0 unspecified atom stereocenters. The van der Waals surface area contributed by atoms with Crippen LogP contribution in [0.3, 0.4) is 0 Å². The number of hydrogen-bond acceptors (Lipinski definition) is 3. The van der Waals surface area contributed by atoms with Gasteiger partial charge in [0.05, 0.1) is 14.2 Å². The molecule has 0 amide bonds. The van der Waals surface area contributed by atoms with E-state index in [0.29, 0.717) is 0 Å². The zero-order valence-corrected chi connectivity index (χ0v) is 11.5. The molecule has 0 N–H and O–H groups in total. The Morgan fingerprint density at radius 1 is 1.06 bits per heavy atom. The summed E-state index contributed by atoms with van der Waals surface area (Å²) < 4.78 is 10.6. The molecule has 0 aromatic heterocycles. The third-order valence-corrected chi connectivity index (χ3v) is 2.89. The maximum Gasteiger partial charge on any atom is 0.161 e. The lowest BCUT2D eigenvalue weighted by Gasteiger charge is -2.14. The number of rotatable bonds is 6. The Labute approximate surface area is 104 Å². The molecular weight excluding hydrogens is 214 g/mol. The first-order valence-corrected chi connectivity index (χ1v) is 5.94. The van der Waals surface area contributed by atoms with Gasteiger partial charge >= 0.3 is 0 Å². The molecule has 96 valence electrons. The van der Waals surface area contributed by atoms with Gasteiger partial charge in [-0.3, -0.25) is 0 Å². The van der Waals surface area contributed by atoms with Crippen LogP contribution in [0.5, 0.6) is 11.5 Å². The Bertz CT molecular complexity index is 361. The smallest absolute Gasteiger partial charge is 0.161 e. The fraction of sp³-hybridized carbons (Fsp3) is 0.571. The molecule has 0 spiro atoms.